The van der Waals surface area contributed by atoms with Crippen LogP contribution in [0.3, 0.4) is 0 Å². The SMILES string of the molecule is Cc1cccc(OCCN2Cc3nnc(C)n3CC2C(=O)O)c1. The van der Waals surface area contributed by atoms with Gasteiger partial charge in [-0.15, -0.1) is 10.2 Å². The van der Waals surface area contributed by atoms with Crippen molar-refractivity contribution in [3.05, 3.63) is 41.5 Å². The van der Waals surface area contributed by atoms with Gasteiger partial charge in [-0.2, -0.15) is 0 Å². The number of fused-ring (bicyclic) bond motifs is 1. The minimum Gasteiger partial charge on any atom is -0.492 e. The third-order valence-corrected chi connectivity index (χ3v) is 4.07. The summed E-state index contributed by atoms with van der Waals surface area (Å²) < 4.78 is 7.61. The predicted octanol–water partition coefficient (Wildman–Crippen LogP) is 1.24. The van der Waals surface area contributed by atoms with E-state index in [0.717, 1.165) is 23.0 Å². The number of carboxylic acids is 1. The monoisotopic (exact) mass is 316 g/mol. The predicted molar refractivity (Wildman–Crippen MR) is 83.3 cm³/mol. The highest BCUT2D eigenvalue weighted by atomic mass is 16.5. The molecule has 3 rings (SSSR count). The van der Waals surface area contributed by atoms with Gasteiger partial charge in [0.05, 0.1) is 13.1 Å². The molecule has 0 saturated heterocycles. The van der Waals surface area contributed by atoms with Crippen molar-refractivity contribution < 1.29 is 14.6 Å². The Morgan fingerprint density at radius 2 is 2.22 bits per heavy atom. The van der Waals surface area contributed by atoms with Gasteiger partial charge in [0, 0.05) is 6.54 Å². The van der Waals surface area contributed by atoms with Crippen molar-refractivity contribution >= 4 is 5.97 Å². The van der Waals surface area contributed by atoms with E-state index >= 15 is 0 Å². The molecule has 1 aliphatic heterocycles. The number of hydrogen-bond donors (Lipinski definition) is 1. The molecule has 23 heavy (non-hydrogen) atoms. The number of aromatic nitrogens is 3. The lowest BCUT2D eigenvalue weighted by molar-refractivity contribution is -0.145. The van der Waals surface area contributed by atoms with Crippen molar-refractivity contribution in [2.75, 3.05) is 13.2 Å². The molecule has 0 radical (unpaired) electrons. The Morgan fingerprint density at radius 3 is 2.96 bits per heavy atom. The Balaban J connectivity index is 1.65. The van der Waals surface area contributed by atoms with Gasteiger partial charge in [-0.25, -0.2) is 0 Å². The number of aliphatic carboxylic acids is 1. The average Bonchev–Trinajstić information content (AvgIpc) is 2.87. The Labute approximate surface area is 134 Å². The fraction of sp³-hybridized carbons (Fsp3) is 0.438. The van der Waals surface area contributed by atoms with Crippen molar-refractivity contribution in [1.29, 1.82) is 0 Å². The van der Waals surface area contributed by atoms with Gasteiger partial charge >= 0.3 is 5.97 Å². The maximum atomic E-state index is 11.5. The minimum atomic E-state index is -0.834. The molecule has 1 atom stereocenters. The number of hydrogen-bond acceptors (Lipinski definition) is 5. The molecule has 1 aromatic carbocycles. The maximum absolute atomic E-state index is 11.5. The van der Waals surface area contributed by atoms with Crippen LogP contribution in [0.15, 0.2) is 24.3 Å². The van der Waals surface area contributed by atoms with E-state index in [4.69, 9.17) is 4.74 Å². The van der Waals surface area contributed by atoms with Gasteiger partial charge in [0.15, 0.2) is 0 Å². The van der Waals surface area contributed by atoms with Crippen molar-refractivity contribution in [3.8, 4) is 5.75 Å². The van der Waals surface area contributed by atoms with Crippen molar-refractivity contribution in [3.63, 3.8) is 0 Å². The molecule has 122 valence electrons. The Morgan fingerprint density at radius 1 is 1.39 bits per heavy atom. The van der Waals surface area contributed by atoms with Gasteiger partial charge in [0.25, 0.3) is 0 Å². The summed E-state index contributed by atoms with van der Waals surface area (Å²) in [5.74, 6) is 1.52. The van der Waals surface area contributed by atoms with Gasteiger partial charge in [-0.3, -0.25) is 9.69 Å². The molecule has 7 nitrogen and oxygen atoms in total. The molecule has 7 heteroatoms. The van der Waals surface area contributed by atoms with E-state index in [1.54, 1.807) is 0 Å². The lowest BCUT2D eigenvalue weighted by atomic mass is 10.2. The average molecular weight is 316 g/mol. The molecular formula is C16H20N4O3. The topological polar surface area (TPSA) is 80.5 Å². The number of benzene rings is 1. The lowest BCUT2D eigenvalue weighted by Gasteiger charge is -2.33. The highest BCUT2D eigenvalue weighted by Crippen LogP contribution is 2.18. The van der Waals surface area contributed by atoms with Gasteiger partial charge in [0.2, 0.25) is 0 Å². The van der Waals surface area contributed by atoms with E-state index in [0.29, 0.717) is 26.2 Å². The van der Waals surface area contributed by atoms with Crippen LogP contribution in [0.25, 0.3) is 0 Å². The first-order chi connectivity index (χ1) is 11.0. The first-order valence-electron chi connectivity index (χ1n) is 7.59. The standard InChI is InChI=1S/C16H20N4O3/c1-11-4-3-5-13(8-11)23-7-6-19-10-15-18-17-12(2)20(15)9-14(19)16(21)22/h3-5,8,14H,6-7,9-10H2,1-2H3,(H,21,22). The zero-order chi connectivity index (χ0) is 16.4. The molecular weight excluding hydrogens is 296 g/mol. The summed E-state index contributed by atoms with van der Waals surface area (Å²) in [4.78, 5) is 13.4. The molecule has 0 amide bonds. The van der Waals surface area contributed by atoms with Crippen LogP contribution in [0.5, 0.6) is 5.75 Å². The summed E-state index contributed by atoms with van der Waals surface area (Å²) in [6.45, 7) is 5.64. The number of aryl methyl sites for hydroxylation is 2. The summed E-state index contributed by atoms with van der Waals surface area (Å²) in [7, 11) is 0. The summed E-state index contributed by atoms with van der Waals surface area (Å²) in [6, 6.07) is 7.23. The lowest BCUT2D eigenvalue weighted by Crippen LogP contribution is -2.49. The molecule has 0 fully saturated rings. The van der Waals surface area contributed by atoms with Crippen LogP contribution in [0.1, 0.15) is 17.2 Å². The Kier molecular flexibility index (Phi) is 4.29. The molecule has 2 aromatic rings. The number of carbonyl (C=O) groups is 1. The van der Waals surface area contributed by atoms with Gasteiger partial charge < -0.3 is 14.4 Å². The highest BCUT2D eigenvalue weighted by molar-refractivity contribution is 5.73. The molecule has 1 aliphatic rings. The smallest absolute Gasteiger partial charge is 0.322 e. The summed E-state index contributed by atoms with van der Waals surface area (Å²) in [5.41, 5.74) is 1.13. The van der Waals surface area contributed by atoms with E-state index in [-0.39, 0.29) is 0 Å². The van der Waals surface area contributed by atoms with Gasteiger partial charge in [0.1, 0.15) is 30.0 Å². The summed E-state index contributed by atoms with van der Waals surface area (Å²) in [5, 5.41) is 17.6. The third-order valence-electron chi connectivity index (χ3n) is 4.07. The molecule has 1 N–H and O–H groups in total. The van der Waals surface area contributed by atoms with Crippen LogP contribution in [-0.4, -0.2) is 49.9 Å². The van der Waals surface area contributed by atoms with Crippen LogP contribution in [0.2, 0.25) is 0 Å². The number of ether oxygens (including phenoxy) is 1. The molecule has 1 aromatic heterocycles. The Hall–Kier alpha value is -2.41. The molecule has 2 heterocycles. The van der Waals surface area contributed by atoms with Crippen LogP contribution >= 0.6 is 0 Å². The largest absolute Gasteiger partial charge is 0.492 e. The van der Waals surface area contributed by atoms with Crippen LogP contribution in [-0.2, 0) is 17.9 Å². The van der Waals surface area contributed by atoms with Crippen molar-refractivity contribution in [1.82, 2.24) is 19.7 Å². The molecule has 0 aliphatic carbocycles. The second kappa shape index (κ2) is 6.37. The Bertz CT molecular complexity index is 713. The quantitative estimate of drug-likeness (QED) is 0.894. The molecule has 1 unspecified atom stereocenters. The van der Waals surface area contributed by atoms with Gasteiger partial charge in [-0.05, 0) is 31.5 Å². The second-order valence-corrected chi connectivity index (χ2v) is 5.76. The zero-order valence-electron chi connectivity index (χ0n) is 13.3. The van der Waals surface area contributed by atoms with Crippen LogP contribution in [0, 0.1) is 13.8 Å². The summed E-state index contributed by atoms with van der Waals surface area (Å²) >= 11 is 0. The van der Waals surface area contributed by atoms with Crippen molar-refractivity contribution in [2.45, 2.75) is 33.0 Å². The second-order valence-electron chi connectivity index (χ2n) is 5.76. The maximum Gasteiger partial charge on any atom is 0.322 e. The van der Waals surface area contributed by atoms with E-state index in [1.807, 2.05) is 47.6 Å². The van der Waals surface area contributed by atoms with Gasteiger partial charge in [-0.1, -0.05) is 12.1 Å². The zero-order valence-corrected chi connectivity index (χ0v) is 13.3. The van der Waals surface area contributed by atoms with E-state index in [9.17, 15) is 9.90 Å². The first kappa shape index (κ1) is 15.5. The van der Waals surface area contributed by atoms with E-state index in [1.165, 1.54) is 0 Å². The number of rotatable bonds is 5. The molecule has 0 spiro atoms. The molecule has 0 bridgehead atoms. The first-order valence-corrected chi connectivity index (χ1v) is 7.59. The minimum absolute atomic E-state index is 0.369. The van der Waals surface area contributed by atoms with Crippen molar-refractivity contribution in [2.24, 2.45) is 0 Å². The highest BCUT2D eigenvalue weighted by Gasteiger charge is 2.33. The third kappa shape index (κ3) is 3.34. The van der Waals surface area contributed by atoms with E-state index < -0.39 is 12.0 Å². The molecule has 0 saturated carbocycles. The number of carboxylic acid groups (broad SMARTS) is 1. The number of nitrogens with zero attached hydrogens (tertiary/aromatic N) is 4. The van der Waals surface area contributed by atoms with Crippen LogP contribution in [0.4, 0.5) is 0 Å². The fourth-order valence-electron chi connectivity index (χ4n) is 2.81. The summed E-state index contributed by atoms with van der Waals surface area (Å²) in [6.07, 6.45) is 0. The van der Waals surface area contributed by atoms with Crippen LogP contribution < -0.4 is 4.74 Å². The normalized spacial score (nSPS) is 17.7. The fourth-order valence-corrected chi connectivity index (χ4v) is 2.81. The van der Waals surface area contributed by atoms with E-state index in [2.05, 4.69) is 10.2 Å².